The Kier molecular flexibility index (Phi) is 2.41. The Labute approximate surface area is 115 Å². The van der Waals surface area contributed by atoms with Crippen LogP contribution in [0.2, 0.25) is 0 Å². The van der Waals surface area contributed by atoms with Crippen LogP contribution in [0.25, 0.3) is 10.9 Å². The van der Waals surface area contributed by atoms with Crippen LogP contribution in [0.5, 0.6) is 5.75 Å². The lowest BCUT2D eigenvalue weighted by Gasteiger charge is -2.36. The SMILES string of the molecule is Cc1nc2cc3c(cc2c(=O)[nH]1)N(C)C(=O)C(C)(C)O3. The highest BCUT2D eigenvalue weighted by Crippen LogP contribution is 2.38. The van der Waals surface area contributed by atoms with Crippen LogP contribution in [0.15, 0.2) is 16.9 Å². The molecule has 1 aromatic heterocycles. The van der Waals surface area contributed by atoms with Gasteiger partial charge in [0.05, 0.1) is 16.6 Å². The summed E-state index contributed by atoms with van der Waals surface area (Å²) >= 11 is 0. The maximum atomic E-state index is 12.2. The van der Waals surface area contributed by atoms with E-state index in [1.54, 1.807) is 40.0 Å². The van der Waals surface area contributed by atoms with Crippen LogP contribution in [0.1, 0.15) is 19.7 Å². The first kappa shape index (κ1) is 12.7. The average molecular weight is 273 g/mol. The molecule has 20 heavy (non-hydrogen) atoms. The van der Waals surface area contributed by atoms with E-state index in [0.29, 0.717) is 28.2 Å². The third-order valence-electron chi connectivity index (χ3n) is 3.45. The number of amides is 1. The van der Waals surface area contributed by atoms with Crippen LogP contribution in [-0.4, -0.2) is 28.5 Å². The van der Waals surface area contributed by atoms with Crippen molar-refractivity contribution in [2.24, 2.45) is 0 Å². The smallest absolute Gasteiger partial charge is 0.270 e. The van der Waals surface area contributed by atoms with E-state index in [1.807, 2.05) is 0 Å². The third-order valence-corrected chi connectivity index (χ3v) is 3.45. The van der Waals surface area contributed by atoms with Gasteiger partial charge in [-0.2, -0.15) is 0 Å². The van der Waals surface area contributed by atoms with Gasteiger partial charge in [0.2, 0.25) is 0 Å². The number of carbonyl (C=O) groups is 1. The maximum Gasteiger partial charge on any atom is 0.270 e. The lowest BCUT2D eigenvalue weighted by molar-refractivity contribution is -0.132. The third kappa shape index (κ3) is 1.68. The molecule has 104 valence electrons. The topological polar surface area (TPSA) is 75.3 Å². The molecule has 1 amide bonds. The van der Waals surface area contributed by atoms with E-state index < -0.39 is 5.60 Å². The quantitative estimate of drug-likeness (QED) is 0.786. The molecule has 6 nitrogen and oxygen atoms in total. The summed E-state index contributed by atoms with van der Waals surface area (Å²) < 4.78 is 5.75. The molecular formula is C14H15N3O3. The van der Waals surface area contributed by atoms with Gasteiger partial charge < -0.3 is 14.6 Å². The van der Waals surface area contributed by atoms with Gasteiger partial charge in [0.25, 0.3) is 11.5 Å². The van der Waals surface area contributed by atoms with Crippen molar-refractivity contribution in [3.63, 3.8) is 0 Å². The van der Waals surface area contributed by atoms with E-state index in [0.717, 1.165) is 0 Å². The van der Waals surface area contributed by atoms with E-state index in [9.17, 15) is 9.59 Å². The molecule has 1 N–H and O–H groups in total. The molecule has 0 saturated heterocycles. The molecule has 6 heteroatoms. The van der Waals surface area contributed by atoms with Gasteiger partial charge in [-0.15, -0.1) is 0 Å². The molecule has 0 bridgehead atoms. The summed E-state index contributed by atoms with van der Waals surface area (Å²) in [5.74, 6) is 0.949. The highest BCUT2D eigenvalue weighted by Gasteiger charge is 2.39. The number of fused-ring (bicyclic) bond motifs is 2. The van der Waals surface area contributed by atoms with Gasteiger partial charge in [0.15, 0.2) is 5.60 Å². The first-order chi connectivity index (χ1) is 9.29. The van der Waals surface area contributed by atoms with E-state index in [1.165, 1.54) is 4.90 Å². The summed E-state index contributed by atoms with van der Waals surface area (Å²) in [6, 6.07) is 3.35. The van der Waals surface area contributed by atoms with Crippen LogP contribution < -0.4 is 15.2 Å². The van der Waals surface area contributed by atoms with Crippen LogP contribution in [0.3, 0.4) is 0 Å². The van der Waals surface area contributed by atoms with Crippen molar-refractivity contribution in [1.82, 2.24) is 9.97 Å². The Morgan fingerprint density at radius 1 is 1.30 bits per heavy atom. The summed E-state index contributed by atoms with van der Waals surface area (Å²) in [5.41, 5.74) is -0.00594. The number of likely N-dealkylation sites (N-methyl/N-ethyl adjacent to an activating group) is 1. The van der Waals surface area contributed by atoms with Crippen LogP contribution in [0, 0.1) is 6.92 Å². The lowest BCUT2D eigenvalue weighted by Crippen LogP contribution is -2.50. The fourth-order valence-electron chi connectivity index (χ4n) is 2.45. The molecule has 0 fully saturated rings. The minimum absolute atomic E-state index is 0.152. The molecule has 0 radical (unpaired) electrons. The summed E-state index contributed by atoms with van der Waals surface area (Å²) in [6.07, 6.45) is 0. The number of ether oxygens (including phenoxy) is 1. The molecule has 2 aromatic rings. The molecule has 0 aliphatic carbocycles. The van der Waals surface area contributed by atoms with Crippen molar-refractivity contribution in [2.45, 2.75) is 26.4 Å². The molecule has 1 aliphatic rings. The highest BCUT2D eigenvalue weighted by molar-refractivity contribution is 6.03. The fraction of sp³-hybridized carbons (Fsp3) is 0.357. The van der Waals surface area contributed by atoms with Crippen molar-refractivity contribution in [3.05, 3.63) is 28.3 Å². The summed E-state index contributed by atoms with van der Waals surface area (Å²) in [7, 11) is 1.67. The summed E-state index contributed by atoms with van der Waals surface area (Å²) in [6.45, 7) is 5.16. The lowest BCUT2D eigenvalue weighted by atomic mass is 10.0. The fourth-order valence-corrected chi connectivity index (χ4v) is 2.45. The molecule has 3 rings (SSSR count). The largest absolute Gasteiger partial charge is 0.476 e. The van der Waals surface area contributed by atoms with Crippen molar-refractivity contribution in [3.8, 4) is 5.75 Å². The summed E-state index contributed by atoms with van der Waals surface area (Å²) in [5, 5.41) is 0.442. The molecule has 0 saturated carbocycles. The number of H-pyrrole nitrogens is 1. The Morgan fingerprint density at radius 2 is 2.00 bits per heavy atom. The number of aromatic amines is 1. The van der Waals surface area contributed by atoms with E-state index >= 15 is 0 Å². The van der Waals surface area contributed by atoms with Crippen molar-refractivity contribution in [2.75, 3.05) is 11.9 Å². The molecule has 1 aliphatic heterocycles. The van der Waals surface area contributed by atoms with E-state index in [2.05, 4.69) is 9.97 Å². The van der Waals surface area contributed by atoms with Gasteiger partial charge >= 0.3 is 0 Å². The predicted molar refractivity (Wildman–Crippen MR) is 75.2 cm³/mol. The second kappa shape index (κ2) is 3.82. The number of benzene rings is 1. The van der Waals surface area contributed by atoms with Gasteiger partial charge in [-0.3, -0.25) is 9.59 Å². The minimum atomic E-state index is -0.925. The molecule has 0 unspecified atom stereocenters. The predicted octanol–water partition coefficient (Wildman–Crippen LogP) is 1.37. The molecular weight excluding hydrogens is 258 g/mol. The molecule has 0 spiro atoms. The zero-order chi connectivity index (χ0) is 14.7. The number of nitrogens with zero attached hydrogens (tertiary/aromatic N) is 2. The van der Waals surface area contributed by atoms with Crippen LogP contribution >= 0.6 is 0 Å². The number of rotatable bonds is 0. The number of anilines is 1. The maximum absolute atomic E-state index is 12.2. The normalized spacial score (nSPS) is 17.0. The number of nitrogens with one attached hydrogen (secondary N) is 1. The van der Waals surface area contributed by atoms with Gasteiger partial charge in [-0.25, -0.2) is 4.98 Å². The zero-order valence-electron chi connectivity index (χ0n) is 11.8. The van der Waals surface area contributed by atoms with Crippen molar-refractivity contribution < 1.29 is 9.53 Å². The van der Waals surface area contributed by atoms with Gasteiger partial charge in [0, 0.05) is 13.1 Å². The van der Waals surface area contributed by atoms with E-state index in [-0.39, 0.29) is 11.5 Å². The Bertz CT molecular complexity index is 792. The Balaban J connectivity index is 2.32. The monoisotopic (exact) mass is 273 g/mol. The molecule has 0 atom stereocenters. The van der Waals surface area contributed by atoms with Gasteiger partial charge in [-0.1, -0.05) is 0 Å². The van der Waals surface area contributed by atoms with Gasteiger partial charge in [0.1, 0.15) is 11.6 Å². The standard InChI is InChI=1S/C14H15N3O3/c1-7-15-9-6-11-10(5-8(9)12(18)16-7)17(4)13(19)14(2,3)20-11/h5-6H,1-4H3,(H,15,16,18). The van der Waals surface area contributed by atoms with Crippen LogP contribution in [0.4, 0.5) is 5.69 Å². The Hall–Kier alpha value is -2.37. The number of hydrogen-bond donors (Lipinski definition) is 1. The first-order valence-corrected chi connectivity index (χ1v) is 6.31. The average Bonchev–Trinajstić information content (AvgIpc) is 2.34. The van der Waals surface area contributed by atoms with Crippen LogP contribution in [-0.2, 0) is 4.79 Å². The van der Waals surface area contributed by atoms with Crippen molar-refractivity contribution in [1.29, 1.82) is 0 Å². The number of aryl methyl sites for hydroxylation is 1. The molecule has 2 heterocycles. The van der Waals surface area contributed by atoms with E-state index in [4.69, 9.17) is 4.74 Å². The second-order valence-electron chi connectivity index (χ2n) is 5.46. The highest BCUT2D eigenvalue weighted by atomic mass is 16.5. The zero-order valence-corrected chi connectivity index (χ0v) is 11.8. The second-order valence-corrected chi connectivity index (χ2v) is 5.46. The number of carbonyl (C=O) groups excluding carboxylic acids is 1. The first-order valence-electron chi connectivity index (χ1n) is 6.31. The molecule has 1 aromatic carbocycles. The van der Waals surface area contributed by atoms with Gasteiger partial charge in [-0.05, 0) is 26.8 Å². The number of aromatic nitrogens is 2. The van der Waals surface area contributed by atoms with Crippen molar-refractivity contribution >= 4 is 22.5 Å². The Morgan fingerprint density at radius 3 is 2.70 bits per heavy atom. The minimum Gasteiger partial charge on any atom is -0.476 e. The number of hydrogen-bond acceptors (Lipinski definition) is 4. The summed E-state index contributed by atoms with van der Waals surface area (Å²) in [4.78, 5) is 32.6.